The summed E-state index contributed by atoms with van der Waals surface area (Å²) in [6, 6.07) is 0.621. The normalized spacial score (nSPS) is 21.3. The minimum Gasteiger partial charge on any atom is -0.403 e. The molecule has 0 radical (unpaired) electrons. The van der Waals surface area contributed by atoms with Crippen LogP contribution >= 0.6 is 11.8 Å². The number of nitrogens with two attached hydrogens (primary N) is 1. The number of thioether (sulfide) groups is 1. The highest BCUT2D eigenvalue weighted by Crippen LogP contribution is 2.34. The van der Waals surface area contributed by atoms with Crippen LogP contribution in [-0.2, 0) is 0 Å². The van der Waals surface area contributed by atoms with Crippen molar-refractivity contribution in [2.24, 2.45) is 21.1 Å². The second-order valence-electron chi connectivity index (χ2n) is 9.34. The van der Waals surface area contributed by atoms with E-state index in [-0.39, 0.29) is 11.5 Å². The van der Waals surface area contributed by atoms with E-state index in [1.165, 1.54) is 12.8 Å². The summed E-state index contributed by atoms with van der Waals surface area (Å²) in [5, 5.41) is 1.08. The lowest BCUT2D eigenvalue weighted by Gasteiger charge is -2.27. The topological polar surface area (TPSA) is 57.2 Å². The summed E-state index contributed by atoms with van der Waals surface area (Å²) in [6.07, 6.45) is 13.9. The summed E-state index contributed by atoms with van der Waals surface area (Å²) in [6.45, 7) is 17.8. The van der Waals surface area contributed by atoms with Crippen molar-refractivity contribution >= 4 is 23.1 Å². The largest absolute Gasteiger partial charge is 0.403 e. The first kappa shape index (κ1) is 31.5. The third kappa shape index (κ3) is 12.5. The molecule has 0 fully saturated rings. The van der Waals surface area contributed by atoms with Crippen LogP contribution in [0.4, 0.5) is 0 Å². The molecule has 0 aliphatic carbocycles. The SMILES string of the molecule is C=C[C@@](C)(C/C=C(\C)N)/C1=C/CSC(N(C)CCC(CC)N(C)C)=NC(C)C=N1.CCCC. The van der Waals surface area contributed by atoms with Crippen molar-refractivity contribution in [1.82, 2.24) is 9.80 Å². The van der Waals surface area contributed by atoms with Gasteiger partial charge in [0.05, 0.1) is 6.04 Å². The van der Waals surface area contributed by atoms with E-state index in [1.54, 1.807) is 11.8 Å². The fourth-order valence-electron chi connectivity index (χ4n) is 3.20. The predicted molar refractivity (Wildman–Crippen MR) is 152 cm³/mol. The highest BCUT2D eigenvalue weighted by atomic mass is 32.2. The number of hydrogen-bond donors (Lipinski definition) is 1. The second-order valence-corrected chi connectivity index (χ2v) is 10.3. The van der Waals surface area contributed by atoms with Crippen LogP contribution in [0.15, 0.2) is 46.2 Å². The molecule has 6 heteroatoms. The smallest absolute Gasteiger partial charge is 0.159 e. The van der Waals surface area contributed by atoms with E-state index in [4.69, 9.17) is 15.7 Å². The molecule has 0 spiro atoms. The molecule has 1 rings (SSSR count). The molecular weight excluding hydrogens is 426 g/mol. The fourth-order valence-corrected chi connectivity index (χ4v) is 4.14. The first-order valence-electron chi connectivity index (χ1n) is 12.4. The lowest BCUT2D eigenvalue weighted by molar-refractivity contribution is 0.257. The van der Waals surface area contributed by atoms with Crippen molar-refractivity contribution in [3.8, 4) is 0 Å². The van der Waals surface area contributed by atoms with Crippen LogP contribution in [0.1, 0.15) is 73.6 Å². The molecule has 0 bridgehead atoms. The summed E-state index contributed by atoms with van der Waals surface area (Å²) in [5.74, 6) is 0.836. The quantitative estimate of drug-likeness (QED) is 0.373. The zero-order valence-electron chi connectivity index (χ0n) is 22.9. The first-order chi connectivity index (χ1) is 15.5. The van der Waals surface area contributed by atoms with Gasteiger partial charge in [0.25, 0.3) is 0 Å². The Labute approximate surface area is 209 Å². The molecule has 190 valence electrons. The molecule has 0 saturated heterocycles. The number of nitrogens with zero attached hydrogens (tertiary/aromatic N) is 4. The Hall–Kier alpha value is -1.53. The van der Waals surface area contributed by atoms with Gasteiger partial charge in [-0.15, -0.1) is 6.58 Å². The van der Waals surface area contributed by atoms with E-state index in [0.29, 0.717) is 6.04 Å². The Bertz CT molecular complexity index is 674. The van der Waals surface area contributed by atoms with Crippen LogP contribution in [0.5, 0.6) is 0 Å². The number of unbranched alkanes of at least 4 members (excludes halogenated alkanes) is 1. The molecule has 3 atom stereocenters. The number of amidine groups is 1. The molecule has 5 nitrogen and oxygen atoms in total. The van der Waals surface area contributed by atoms with Crippen molar-refractivity contribution in [2.75, 3.05) is 33.4 Å². The van der Waals surface area contributed by atoms with Crippen LogP contribution in [0.2, 0.25) is 0 Å². The monoisotopic (exact) mass is 477 g/mol. The molecular formula is C27H51N5S. The minimum atomic E-state index is -0.242. The fraction of sp³-hybridized carbons (Fsp3) is 0.704. The minimum absolute atomic E-state index is 0.0260. The van der Waals surface area contributed by atoms with Gasteiger partial charge in [-0.2, -0.15) is 0 Å². The third-order valence-electron chi connectivity index (χ3n) is 5.94. The van der Waals surface area contributed by atoms with E-state index in [1.807, 2.05) is 25.3 Å². The van der Waals surface area contributed by atoms with Crippen LogP contribution in [0, 0.1) is 5.41 Å². The van der Waals surface area contributed by atoms with Gasteiger partial charge in [0.2, 0.25) is 0 Å². The van der Waals surface area contributed by atoms with Gasteiger partial charge in [-0.3, -0.25) is 9.98 Å². The second kappa shape index (κ2) is 17.0. The summed E-state index contributed by atoms with van der Waals surface area (Å²) in [5.41, 5.74) is 7.47. The Morgan fingerprint density at radius 3 is 2.42 bits per heavy atom. The van der Waals surface area contributed by atoms with Gasteiger partial charge in [-0.1, -0.05) is 70.5 Å². The van der Waals surface area contributed by atoms with Gasteiger partial charge in [-0.05, 0) is 47.2 Å². The molecule has 0 saturated carbocycles. The van der Waals surface area contributed by atoms with Crippen LogP contribution in [-0.4, -0.2) is 66.7 Å². The molecule has 33 heavy (non-hydrogen) atoms. The third-order valence-corrected chi connectivity index (χ3v) is 6.95. The maximum absolute atomic E-state index is 5.85. The van der Waals surface area contributed by atoms with E-state index < -0.39 is 0 Å². The zero-order chi connectivity index (χ0) is 25.4. The lowest BCUT2D eigenvalue weighted by atomic mass is 9.83. The Morgan fingerprint density at radius 2 is 1.94 bits per heavy atom. The molecule has 0 amide bonds. The van der Waals surface area contributed by atoms with Gasteiger partial charge < -0.3 is 15.5 Å². The first-order valence-corrected chi connectivity index (χ1v) is 13.4. The molecule has 1 heterocycles. The Morgan fingerprint density at radius 1 is 1.30 bits per heavy atom. The summed E-state index contributed by atoms with van der Waals surface area (Å²) in [7, 11) is 6.45. The molecule has 1 aliphatic rings. The van der Waals surface area contributed by atoms with Crippen LogP contribution < -0.4 is 5.73 Å². The average Bonchev–Trinajstić information content (AvgIpc) is 2.88. The van der Waals surface area contributed by atoms with Crippen molar-refractivity contribution in [2.45, 2.75) is 85.7 Å². The predicted octanol–water partition coefficient (Wildman–Crippen LogP) is 6.35. The highest BCUT2D eigenvalue weighted by molar-refractivity contribution is 8.13. The molecule has 0 aromatic carbocycles. The maximum Gasteiger partial charge on any atom is 0.159 e. The Balaban J connectivity index is 0.00000235. The zero-order valence-corrected chi connectivity index (χ0v) is 23.7. The number of allylic oxidation sites excluding steroid dienone is 3. The van der Waals surface area contributed by atoms with Gasteiger partial charge in [0, 0.05) is 48.4 Å². The van der Waals surface area contributed by atoms with Crippen molar-refractivity contribution in [3.63, 3.8) is 0 Å². The van der Waals surface area contributed by atoms with Crippen molar-refractivity contribution < 1.29 is 0 Å². The van der Waals surface area contributed by atoms with Crippen molar-refractivity contribution in [3.05, 3.63) is 36.2 Å². The molecule has 0 aromatic rings. The van der Waals surface area contributed by atoms with E-state index >= 15 is 0 Å². The van der Waals surface area contributed by atoms with Crippen LogP contribution in [0.25, 0.3) is 0 Å². The number of aliphatic imine (C=N–C) groups is 2. The average molecular weight is 478 g/mol. The van der Waals surface area contributed by atoms with E-state index in [9.17, 15) is 0 Å². The number of hydrogen-bond acceptors (Lipinski definition) is 6. The summed E-state index contributed by atoms with van der Waals surface area (Å²) < 4.78 is 0. The van der Waals surface area contributed by atoms with E-state index in [0.717, 1.165) is 48.1 Å². The van der Waals surface area contributed by atoms with Crippen molar-refractivity contribution in [1.29, 1.82) is 0 Å². The summed E-state index contributed by atoms with van der Waals surface area (Å²) >= 11 is 1.78. The lowest BCUT2D eigenvalue weighted by Crippen LogP contribution is -2.34. The molecule has 2 unspecified atom stereocenters. The van der Waals surface area contributed by atoms with Gasteiger partial charge in [-0.25, -0.2) is 0 Å². The standard InChI is InChI=1S/C23H41N5S.C4H10/c1-9-20(27(6)7)12-15-28(8)22-26-19(4)17-25-21(13-16-29-22)23(5,10-2)14-11-18(3)24;1-3-4-2/h10-11,13,17,19-20H,2,9,12,14-16,24H2,1,3-8H3;3-4H2,1-2H3/b18-11+,21-13-,25-17?,26-22?;/t19?,20?,23-;/m0./s1. The molecule has 1 aliphatic heterocycles. The summed E-state index contributed by atoms with van der Waals surface area (Å²) in [4.78, 5) is 14.3. The highest BCUT2D eigenvalue weighted by Gasteiger charge is 2.25. The number of rotatable bonds is 10. The van der Waals surface area contributed by atoms with Gasteiger partial charge >= 0.3 is 0 Å². The molecule has 2 N–H and O–H groups in total. The van der Waals surface area contributed by atoms with Gasteiger partial charge in [0.1, 0.15) is 0 Å². The molecule has 0 aromatic heterocycles. The Kier molecular flexibility index (Phi) is 16.2. The maximum atomic E-state index is 5.85. The van der Waals surface area contributed by atoms with E-state index in [2.05, 4.69) is 78.2 Å². The van der Waals surface area contributed by atoms with Gasteiger partial charge in [0.15, 0.2) is 5.17 Å². The van der Waals surface area contributed by atoms with Crippen LogP contribution in [0.3, 0.4) is 0 Å².